The van der Waals surface area contributed by atoms with Crippen LogP contribution >= 0.6 is 0 Å². The summed E-state index contributed by atoms with van der Waals surface area (Å²) in [5.74, 6) is 0.140. The first-order valence-corrected chi connectivity index (χ1v) is 7.04. The second-order valence-electron chi connectivity index (χ2n) is 4.93. The van der Waals surface area contributed by atoms with E-state index in [0.29, 0.717) is 0 Å². The maximum atomic E-state index is 12.5. The highest BCUT2D eigenvalue weighted by Crippen LogP contribution is 2.17. The Balaban J connectivity index is 2.01. The predicted octanol–water partition coefficient (Wildman–Crippen LogP) is 1.90. The van der Waals surface area contributed by atoms with Crippen molar-refractivity contribution < 1.29 is 4.79 Å². The number of hydrogen-bond donors (Lipinski definition) is 1. The number of piperazine rings is 1. The summed E-state index contributed by atoms with van der Waals surface area (Å²) >= 11 is 0. The van der Waals surface area contributed by atoms with E-state index >= 15 is 0 Å². The average molecular weight is 261 g/mol. The topological polar surface area (TPSA) is 35.6 Å². The molecule has 0 aromatic heterocycles. The number of nitrogens with zero attached hydrogens (tertiary/aromatic N) is 2. The normalized spacial score (nSPS) is 16.4. The molecule has 0 saturated carbocycles. The summed E-state index contributed by atoms with van der Waals surface area (Å²) in [6, 6.07) is 7.70. The fourth-order valence-electron chi connectivity index (χ4n) is 2.55. The van der Waals surface area contributed by atoms with Gasteiger partial charge in [0.1, 0.15) is 0 Å². The lowest BCUT2D eigenvalue weighted by Gasteiger charge is -2.34. The molecule has 1 N–H and O–H groups in total. The number of benzene rings is 1. The zero-order valence-electron chi connectivity index (χ0n) is 11.9. The Morgan fingerprint density at radius 2 is 1.89 bits per heavy atom. The quantitative estimate of drug-likeness (QED) is 0.899. The van der Waals surface area contributed by atoms with Crippen LogP contribution in [0.1, 0.15) is 23.7 Å². The van der Waals surface area contributed by atoms with Crippen LogP contribution in [0.5, 0.6) is 0 Å². The molecule has 1 aromatic rings. The van der Waals surface area contributed by atoms with E-state index in [2.05, 4.69) is 17.1 Å². The van der Waals surface area contributed by atoms with Gasteiger partial charge in [0.25, 0.3) is 5.91 Å². The highest BCUT2D eigenvalue weighted by Gasteiger charge is 2.22. The van der Waals surface area contributed by atoms with E-state index in [1.807, 2.05) is 36.2 Å². The molecule has 1 aliphatic heterocycles. The molecule has 1 aliphatic rings. The molecule has 1 saturated heterocycles. The smallest absolute Gasteiger partial charge is 0.256 e. The molecule has 0 radical (unpaired) electrons. The molecule has 4 heteroatoms. The molecular weight excluding hydrogens is 238 g/mol. The van der Waals surface area contributed by atoms with Gasteiger partial charge in [0.05, 0.1) is 5.56 Å². The largest absolute Gasteiger partial charge is 0.387 e. The minimum Gasteiger partial charge on any atom is -0.387 e. The van der Waals surface area contributed by atoms with Gasteiger partial charge in [0.2, 0.25) is 0 Å². The Bertz CT molecular complexity index is 425. The van der Waals surface area contributed by atoms with E-state index in [1.54, 1.807) is 0 Å². The first-order chi connectivity index (χ1) is 9.26. The van der Waals surface area contributed by atoms with Crippen molar-refractivity contribution in [3.63, 3.8) is 0 Å². The predicted molar refractivity (Wildman–Crippen MR) is 78.6 cm³/mol. The molecule has 4 nitrogen and oxygen atoms in total. The van der Waals surface area contributed by atoms with Crippen molar-refractivity contribution in [3.8, 4) is 0 Å². The molecule has 2 rings (SSSR count). The van der Waals surface area contributed by atoms with Crippen molar-refractivity contribution in [2.24, 2.45) is 0 Å². The second-order valence-corrected chi connectivity index (χ2v) is 4.93. The number of hydrogen-bond acceptors (Lipinski definition) is 3. The summed E-state index contributed by atoms with van der Waals surface area (Å²) in [5.41, 5.74) is 1.68. The Morgan fingerprint density at radius 3 is 2.53 bits per heavy atom. The van der Waals surface area contributed by atoms with Crippen LogP contribution in [0.15, 0.2) is 24.3 Å². The maximum absolute atomic E-state index is 12.5. The minimum atomic E-state index is 0.140. The van der Waals surface area contributed by atoms with Crippen LogP contribution < -0.4 is 5.32 Å². The molecule has 0 atom stereocenters. The zero-order chi connectivity index (χ0) is 13.7. The van der Waals surface area contributed by atoms with Crippen LogP contribution in [0, 0.1) is 0 Å². The monoisotopic (exact) mass is 261 g/mol. The summed E-state index contributed by atoms with van der Waals surface area (Å²) in [5, 5.41) is 3.09. The van der Waals surface area contributed by atoms with Crippen molar-refractivity contribution in [2.45, 2.75) is 13.3 Å². The summed E-state index contributed by atoms with van der Waals surface area (Å²) in [7, 11) is 1.85. The number of rotatable bonds is 4. The molecule has 1 aromatic carbocycles. The van der Waals surface area contributed by atoms with Crippen LogP contribution in [-0.2, 0) is 0 Å². The van der Waals surface area contributed by atoms with E-state index in [1.165, 1.54) is 6.42 Å². The third kappa shape index (κ3) is 3.26. The number of para-hydroxylation sites is 1. The Labute approximate surface area is 115 Å². The van der Waals surface area contributed by atoms with Gasteiger partial charge < -0.3 is 10.2 Å². The minimum absolute atomic E-state index is 0.140. The van der Waals surface area contributed by atoms with Crippen LogP contribution in [0.4, 0.5) is 5.69 Å². The number of carbonyl (C=O) groups is 1. The fourth-order valence-corrected chi connectivity index (χ4v) is 2.55. The number of anilines is 1. The van der Waals surface area contributed by atoms with Crippen LogP contribution in [0.25, 0.3) is 0 Å². The highest BCUT2D eigenvalue weighted by molar-refractivity contribution is 5.99. The van der Waals surface area contributed by atoms with Gasteiger partial charge in [-0.1, -0.05) is 19.1 Å². The van der Waals surface area contributed by atoms with Crippen LogP contribution in [0.2, 0.25) is 0 Å². The molecule has 0 spiro atoms. The lowest BCUT2D eigenvalue weighted by Crippen LogP contribution is -2.48. The number of carbonyl (C=O) groups excluding carboxylic acids is 1. The molecule has 0 aliphatic carbocycles. The Kier molecular flexibility index (Phi) is 4.80. The third-order valence-electron chi connectivity index (χ3n) is 3.63. The lowest BCUT2D eigenvalue weighted by molar-refractivity contribution is 0.0638. The lowest BCUT2D eigenvalue weighted by atomic mass is 10.1. The summed E-state index contributed by atoms with van der Waals surface area (Å²) in [6.07, 6.45) is 1.18. The van der Waals surface area contributed by atoms with Crippen LogP contribution in [0.3, 0.4) is 0 Å². The molecule has 19 heavy (non-hydrogen) atoms. The van der Waals surface area contributed by atoms with Crippen molar-refractivity contribution in [1.29, 1.82) is 0 Å². The van der Waals surface area contributed by atoms with E-state index in [-0.39, 0.29) is 5.91 Å². The van der Waals surface area contributed by atoms with E-state index in [4.69, 9.17) is 0 Å². The first kappa shape index (κ1) is 13.9. The Hall–Kier alpha value is -1.55. The van der Waals surface area contributed by atoms with Gasteiger partial charge in [-0.3, -0.25) is 9.69 Å². The summed E-state index contributed by atoms with van der Waals surface area (Å²) in [6.45, 7) is 6.96. The van der Waals surface area contributed by atoms with Gasteiger partial charge in [0.15, 0.2) is 0 Å². The van der Waals surface area contributed by atoms with E-state index in [9.17, 15) is 4.79 Å². The Morgan fingerprint density at radius 1 is 1.21 bits per heavy atom. The van der Waals surface area contributed by atoms with Crippen molar-refractivity contribution in [2.75, 3.05) is 45.1 Å². The van der Waals surface area contributed by atoms with Crippen molar-refractivity contribution in [3.05, 3.63) is 29.8 Å². The van der Waals surface area contributed by atoms with Gasteiger partial charge in [-0.2, -0.15) is 0 Å². The average Bonchev–Trinajstić information content (AvgIpc) is 2.47. The van der Waals surface area contributed by atoms with Crippen molar-refractivity contribution in [1.82, 2.24) is 9.80 Å². The SMILES string of the molecule is CCCN1CCN(C(=O)c2ccccc2NC)CC1. The van der Waals surface area contributed by atoms with Crippen LogP contribution in [-0.4, -0.2) is 55.5 Å². The fraction of sp³-hybridized carbons (Fsp3) is 0.533. The first-order valence-electron chi connectivity index (χ1n) is 7.04. The molecular formula is C15H23N3O. The maximum Gasteiger partial charge on any atom is 0.256 e. The molecule has 1 amide bonds. The molecule has 1 fully saturated rings. The highest BCUT2D eigenvalue weighted by atomic mass is 16.2. The second kappa shape index (κ2) is 6.57. The number of nitrogens with one attached hydrogen (secondary N) is 1. The van der Waals surface area contributed by atoms with Gasteiger partial charge in [0, 0.05) is 38.9 Å². The molecule has 1 heterocycles. The zero-order valence-corrected chi connectivity index (χ0v) is 11.9. The molecule has 0 unspecified atom stereocenters. The van der Waals surface area contributed by atoms with Gasteiger partial charge in [-0.15, -0.1) is 0 Å². The van der Waals surface area contributed by atoms with Gasteiger partial charge in [-0.05, 0) is 25.1 Å². The van der Waals surface area contributed by atoms with Gasteiger partial charge >= 0.3 is 0 Å². The summed E-state index contributed by atoms with van der Waals surface area (Å²) in [4.78, 5) is 16.9. The standard InChI is InChI=1S/C15H23N3O/c1-3-8-17-9-11-18(12-10-17)15(19)13-6-4-5-7-14(13)16-2/h4-7,16H,3,8-12H2,1-2H3. The van der Waals surface area contributed by atoms with Crippen molar-refractivity contribution >= 4 is 11.6 Å². The van der Waals surface area contributed by atoms with E-state index in [0.717, 1.165) is 44.0 Å². The molecule has 104 valence electrons. The summed E-state index contributed by atoms with van der Waals surface area (Å²) < 4.78 is 0. The third-order valence-corrected chi connectivity index (χ3v) is 3.63. The van der Waals surface area contributed by atoms with Gasteiger partial charge in [-0.25, -0.2) is 0 Å². The molecule has 0 bridgehead atoms. The number of amides is 1. The van der Waals surface area contributed by atoms with E-state index < -0.39 is 0 Å².